The first kappa shape index (κ1) is 22.5. The van der Waals surface area contributed by atoms with Crippen molar-refractivity contribution in [3.8, 4) is 0 Å². The van der Waals surface area contributed by atoms with Crippen LogP contribution in [0.25, 0.3) is 0 Å². The number of carbonyl (C=O) groups is 3. The average Bonchev–Trinajstić information content (AvgIpc) is 3.15. The summed E-state index contributed by atoms with van der Waals surface area (Å²) in [7, 11) is 0. The van der Waals surface area contributed by atoms with Crippen LogP contribution in [0.1, 0.15) is 43.5 Å². The van der Waals surface area contributed by atoms with E-state index in [1.807, 2.05) is 13.8 Å². The Morgan fingerprint density at radius 2 is 2.07 bits per heavy atom. The van der Waals surface area contributed by atoms with E-state index in [0.29, 0.717) is 45.4 Å². The SMILES string of the molecule is CCN(CC)C(=O)CCC1CNC(=O)C2CC(NC(=O)c3ccc(F)c(Cl)c3)CN12. The van der Waals surface area contributed by atoms with Gasteiger partial charge in [0.15, 0.2) is 0 Å². The van der Waals surface area contributed by atoms with Gasteiger partial charge in [0.25, 0.3) is 5.91 Å². The van der Waals surface area contributed by atoms with Gasteiger partial charge >= 0.3 is 0 Å². The van der Waals surface area contributed by atoms with E-state index in [4.69, 9.17) is 11.6 Å². The summed E-state index contributed by atoms with van der Waals surface area (Å²) in [5.74, 6) is -0.867. The van der Waals surface area contributed by atoms with Gasteiger partial charge in [-0.05, 0) is 44.9 Å². The second-order valence-electron chi connectivity index (χ2n) is 7.75. The zero-order chi connectivity index (χ0) is 21.8. The summed E-state index contributed by atoms with van der Waals surface area (Å²) >= 11 is 5.77. The Bertz CT molecular complexity index is 817. The summed E-state index contributed by atoms with van der Waals surface area (Å²) in [5.41, 5.74) is 0.275. The summed E-state index contributed by atoms with van der Waals surface area (Å²) < 4.78 is 13.3. The highest BCUT2D eigenvalue weighted by Gasteiger charge is 2.43. The number of carbonyl (C=O) groups excluding carboxylic acids is 3. The van der Waals surface area contributed by atoms with Crippen molar-refractivity contribution in [2.45, 2.75) is 51.2 Å². The topological polar surface area (TPSA) is 81.8 Å². The number of amides is 3. The van der Waals surface area contributed by atoms with Crippen molar-refractivity contribution in [3.63, 3.8) is 0 Å². The molecule has 7 nitrogen and oxygen atoms in total. The molecule has 2 saturated heterocycles. The van der Waals surface area contributed by atoms with Gasteiger partial charge in [0.1, 0.15) is 5.82 Å². The van der Waals surface area contributed by atoms with E-state index in [0.717, 1.165) is 6.07 Å². The first-order valence-corrected chi connectivity index (χ1v) is 10.8. The highest BCUT2D eigenvalue weighted by atomic mass is 35.5. The Labute approximate surface area is 180 Å². The van der Waals surface area contributed by atoms with Gasteiger partial charge in [0.2, 0.25) is 11.8 Å². The molecule has 3 rings (SSSR count). The lowest BCUT2D eigenvalue weighted by Crippen LogP contribution is -2.58. The number of hydrogen-bond donors (Lipinski definition) is 2. The van der Waals surface area contributed by atoms with Crippen molar-refractivity contribution in [1.29, 1.82) is 0 Å². The molecule has 0 aliphatic carbocycles. The van der Waals surface area contributed by atoms with Crippen LogP contribution in [0.3, 0.4) is 0 Å². The lowest BCUT2D eigenvalue weighted by atomic mass is 10.0. The molecule has 0 spiro atoms. The quantitative estimate of drug-likeness (QED) is 0.680. The van der Waals surface area contributed by atoms with Crippen LogP contribution in [0.2, 0.25) is 5.02 Å². The van der Waals surface area contributed by atoms with Crippen molar-refractivity contribution < 1.29 is 18.8 Å². The number of rotatable bonds is 7. The third-order valence-electron chi connectivity index (χ3n) is 5.95. The lowest BCUT2D eigenvalue weighted by molar-refractivity contribution is -0.132. The largest absolute Gasteiger partial charge is 0.353 e. The molecule has 2 fully saturated rings. The van der Waals surface area contributed by atoms with Gasteiger partial charge in [-0.2, -0.15) is 0 Å². The van der Waals surface area contributed by atoms with Crippen LogP contribution < -0.4 is 10.6 Å². The molecule has 0 bridgehead atoms. The molecule has 2 heterocycles. The second kappa shape index (κ2) is 9.75. The number of hydrogen-bond acceptors (Lipinski definition) is 4. The third-order valence-corrected chi connectivity index (χ3v) is 6.24. The van der Waals surface area contributed by atoms with Crippen molar-refractivity contribution in [1.82, 2.24) is 20.4 Å². The first-order chi connectivity index (χ1) is 14.3. The summed E-state index contributed by atoms with van der Waals surface area (Å²) in [6.45, 7) is 6.31. The zero-order valence-corrected chi connectivity index (χ0v) is 18.0. The molecule has 2 aliphatic heterocycles. The highest BCUT2D eigenvalue weighted by Crippen LogP contribution is 2.26. The Balaban J connectivity index is 1.61. The maximum atomic E-state index is 13.3. The number of nitrogens with one attached hydrogen (secondary N) is 2. The smallest absolute Gasteiger partial charge is 0.251 e. The van der Waals surface area contributed by atoms with Crippen LogP contribution in [0.4, 0.5) is 4.39 Å². The van der Waals surface area contributed by atoms with Crippen molar-refractivity contribution in [3.05, 3.63) is 34.6 Å². The van der Waals surface area contributed by atoms with Crippen molar-refractivity contribution in [2.24, 2.45) is 0 Å². The molecule has 2 N–H and O–H groups in total. The molecule has 3 atom stereocenters. The van der Waals surface area contributed by atoms with Gasteiger partial charge in [-0.15, -0.1) is 0 Å². The van der Waals surface area contributed by atoms with E-state index in [1.54, 1.807) is 4.90 Å². The average molecular weight is 439 g/mol. The molecule has 9 heteroatoms. The zero-order valence-electron chi connectivity index (χ0n) is 17.3. The first-order valence-electron chi connectivity index (χ1n) is 10.4. The van der Waals surface area contributed by atoms with Gasteiger partial charge in [0.05, 0.1) is 11.1 Å². The molecule has 3 amide bonds. The van der Waals surface area contributed by atoms with E-state index < -0.39 is 5.82 Å². The van der Waals surface area contributed by atoms with Crippen LogP contribution in [0, 0.1) is 5.82 Å². The van der Waals surface area contributed by atoms with Gasteiger partial charge in [-0.1, -0.05) is 11.6 Å². The van der Waals surface area contributed by atoms with Gasteiger partial charge < -0.3 is 15.5 Å². The second-order valence-corrected chi connectivity index (χ2v) is 8.16. The molecule has 0 aromatic heterocycles. The fourth-order valence-electron chi connectivity index (χ4n) is 4.28. The van der Waals surface area contributed by atoms with E-state index >= 15 is 0 Å². The molecule has 0 radical (unpaired) electrons. The van der Waals surface area contributed by atoms with E-state index in [9.17, 15) is 18.8 Å². The van der Waals surface area contributed by atoms with Crippen LogP contribution in [0.5, 0.6) is 0 Å². The van der Waals surface area contributed by atoms with Crippen LogP contribution >= 0.6 is 11.6 Å². The molecule has 164 valence electrons. The van der Waals surface area contributed by atoms with Gasteiger partial charge in [0, 0.05) is 50.2 Å². The minimum atomic E-state index is -0.579. The van der Waals surface area contributed by atoms with Gasteiger partial charge in [-0.25, -0.2) is 4.39 Å². The van der Waals surface area contributed by atoms with Crippen LogP contribution in [-0.4, -0.2) is 71.8 Å². The predicted molar refractivity (Wildman–Crippen MR) is 112 cm³/mol. The van der Waals surface area contributed by atoms with Gasteiger partial charge in [-0.3, -0.25) is 19.3 Å². The maximum Gasteiger partial charge on any atom is 0.251 e. The molecule has 2 aliphatic rings. The minimum absolute atomic E-state index is 0.0504. The Morgan fingerprint density at radius 1 is 1.33 bits per heavy atom. The summed E-state index contributed by atoms with van der Waals surface area (Å²) in [5, 5.41) is 5.74. The van der Waals surface area contributed by atoms with Crippen LogP contribution in [-0.2, 0) is 9.59 Å². The van der Waals surface area contributed by atoms with Crippen molar-refractivity contribution in [2.75, 3.05) is 26.2 Å². The maximum absolute atomic E-state index is 13.3. The number of fused-ring (bicyclic) bond motifs is 1. The molecule has 1 aromatic rings. The molecule has 0 saturated carbocycles. The molecular weight excluding hydrogens is 411 g/mol. The number of piperazine rings is 1. The standard InChI is InChI=1S/C21H28ClFN4O3/c1-3-26(4-2)19(28)8-6-15-11-24-21(30)18-10-14(12-27(15)18)25-20(29)13-5-7-17(23)16(22)9-13/h5,7,9,14-15,18H,3-4,6,8,10-12H2,1-2H3,(H,24,30)(H,25,29). The fourth-order valence-corrected chi connectivity index (χ4v) is 4.46. The highest BCUT2D eigenvalue weighted by molar-refractivity contribution is 6.31. The fraction of sp³-hybridized carbons (Fsp3) is 0.571. The Hall–Kier alpha value is -2.19. The minimum Gasteiger partial charge on any atom is -0.353 e. The van der Waals surface area contributed by atoms with Crippen molar-refractivity contribution >= 4 is 29.3 Å². The molecule has 1 aromatic carbocycles. The van der Waals surface area contributed by atoms with Crippen LogP contribution in [0.15, 0.2) is 18.2 Å². The Morgan fingerprint density at radius 3 is 2.73 bits per heavy atom. The monoisotopic (exact) mass is 438 g/mol. The number of benzene rings is 1. The summed E-state index contributed by atoms with van der Waals surface area (Å²) in [4.78, 5) is 41.1. The van der Waals surface area contributed by atoms with E-state index in [2.05, 4.69) is 15.5 Å². The summed E-state index contributed by atoms with van der Waals surface area (Å²) in [6.07, 6.45) is 1.57. The normalized spacial score (nSPS) is 23.6. The van der Waals surface area contributed by atoms with E-state index in [-0.39, 0.29) is 46.4 Å². The van der Waals surface area contributed by atoms with E-state index in [1.165, 1.54) is 12.1 Å². The summed E-state index contributed by atoms with van der Waals surface area (Å²) in [6, 6.07) is 3.35. The number of halogens is 2. The molecular formula is C21H28ClFN4O3. The Kier molecular flexibility index (Phi) is 7.31. The number of nitrogens with zero attached hydrogens (tertiary/aromatic N) is 2. The molecule has 30 heavy (non-hydrogen) atoms. The lowest BCUT2D eigenvalue weighted by Gasteiger charge is -2.37. The third kappa shape index (κ3) is 4.92. The predicted octanol–water partition coefficient (Wildman–Crippen LogP) is 1.80. The molecule has 3 unspecified atom stereocenters.